The molecule has 1 saturated carbocycles. The highest BCUT2D eigenvalue weighted by atomic mass is 16.5. The largest absolute Gasteiger partial charge is 0.383 e. The molecule has 0 aromatic carbocycles. The summed E-state index contributed by atoms with van der Waals surface area (Å²) in [5.74, 6) is 1.05. The topological polar surface area (TPSA) is 42.0 Å². The van der Waals surface area contributed by atoms with E-state index in [1.165, 1.54) is 19.3 Å². The molecule has 23 heavy (non-hydrogen) atoms. The highest BCUT2D eigenvalue weighted by Crippen LogP contribution is 2.43. The minimum Gasteiger partial charge on any atom is -0.383 e. The Morgan fingerprint density at radius 2 is 1.96 bits per heavy atom. The molecule has 3 rings (SSSR count). The molecule has 1 spiro atoms. The van der Waals surface area contributed by atoms with Gasteiger partial charge in [-0.25, -0.2) is 0 Å². The van der Waals surface area contributed by atoms with Crippen LogP contribution < -0.4 is 0 Å². The molecule has 0 aromatic rings. The lowest BCUT2D eigenvalue weighted by Crippen LogP contribution is -2.43. The summed E-state index contributed by atoms with van der Waals surface area (Å²) in [5.41, 5.74) is 0.382. The van der Waals surface area contributed by atoms with Gasteiger partial charge < -0.3 is 14.4 Å². The van der Waals surface area contributed by atoms with Crippen molar-refractivity contribution in [2.24, 2.45) is 11.3 Å². The van der Waals surface area contributed by atoms with Gasteiger partial charge in [-0.3, -0.25) is 9.69 Å². The van der Waals surface area contributed by atoms with E-state index in [1.807, 2.05) is 4.90 Å². The second-order valence-corrected chi connectivity index (χ2v) is 7.81. The van der Waals surface area contributed by atoms with Crippen LogP contribution in [0, 0.1) is 11.3 Å². The van der Waals surface area contributed by atoms with Gasteiger partial charge in [-0.2, -0.15) is 0 Å². The summed E-state index contributed by atoms with van der Waals surface area (Å²) < 4.78 is 11.3. The Balaban J connectivity index is 1.53. The van der Waals surface area contributed by atoms with Crippen LogP contribution in [-0.2, 0) is 14.3 Å². The van der Waals surface area contributed by atoms with Crippen LogP contribution in [0.4, 0.5) is 0 Å². The first kappa shape index (κ1) is 17.2. The molecule has 2 saturated heterocycles. The number of amides is 1. The van der Waals surface area contributed by atoms with Crippen molar-refractivity contribution in [1.29, 1.82) is 0 Å². The molecule has 0 radical (unpaired) electrons. The van der Waals surface area contributed by atoms with Gasteiger partial charge in [-0.1, -0.05) is 0 Å². The average Bonchev–Trinajstić information content (AvgIpc) is 3.29. The maximum Gasteiger partial charge on any atom is 0.219 e. The molecule has 2 aliphatic heterocycles. The van der Waals surface area contributed by atoms with Crippen LogP contribution in [-0.4, -0.2) is 74.9 Å². The third-order valence-electron chi connectivity index (χ3n) is 5.94. The number of nitrogens with zero attached hydrogens (tertiary/aromatic N) is 2. The number of ether oxygens (including phenoxy) is 2. The lowest BCUT2D eigenvalue weighted by molar-refractivity contribution is -0.131. The fourth-order valence-corrected chi connectivity index (χ4v) is 4.20. The third-order valence-corrected chi connectivity index (χ3v) is 5.94. The Bertz CT molecular complexity index is 403. The SMILES string of the molecule is COCCN1CC2(CCN(C(C)=O)CC2)CC1COCC1CC1. The Labute approximate surface area is 140 Å². The zero-order chi connectivity index (χ0) is 16.3. The maximum absolute atomic E-state index is 11.6. The number of likely N-dealkylation sites (tertiary alicyclic amines) is 2. The zero-order valence-corrected chi connectivity index (χ0v) is 14.8. The Morgan fingerprint density at radius 3 is 2.57 bits per heavy atom. The average molecular weight is 324 g/mol. The van der Waals surface area contributed by atoms with E-state index in [2.05, 4.69) is 4.90 Å². The Morgan fingerprint density at radius 1 is 1.22 bits per heavy atom. The zero-order valence-electron chi connectivity index (χ0n) is 14.8. The number of rotatable bonds is 7. The summed E-state index contributed by atoms with van der Waals surface area (Å²) in [5, 5.41) is 0. The van der Waals surface area contributed by atoms with Gasteiger partial charge in [-0.15, -0.1) is 0 Å². The summed E-state index contributed by atoms with van der Waals surface area (Å²) in [7, 11) is 1.77. The summed E-state index contributed by atoms with van der Waals surface area (Å²) in [6, 6.07) is 0.521. The third kappa shape index (κ3) is 4.46. The van der Waals surface area contributed by atoms with Gasteiger partial charge in [0.15, 0.2) is 0 Å². The van der Waals surface area contributed by atoms with Gasteiger partial charge in [0.25, 0.3) is 0 Å². The summed E-state index contributed by atoms with van der Waals surface area (Å²) in [6.07, 6.45) is 6.18. The molecule has 1 unspecified atom stereocenters. The summed E-state index contributed by atoms with van der Waals surface area (Å²) in [4.78, 5) is 16.1. The fraction of sp³-hybridized carbons (Fsp3) is 0.944. The van der Waals surface area contributed by atoms with Gasteiger partial charge in [0.1, 0.15) is 0 Å². The first-order chi connectivity index (χ1) is 11.1. The standard InChI is InChI=1S/C18H32N2O3/c1-15(21)19-7-5-18(6-8-19)11-17(13-23-12-16-3-4-16)20(14-18)9-10-22-2/h16-17H,3-14H2,1-2H3. The number of carbonyl (C=O) groups is 1. The lowest BCUT2D eigenvalue weighted by Gasteiger charge is -2.39. The summed E-state index contributed by atoms with van der Waals surface area (Å²) >= 11 is 0. The van der Waals surface area contributed by atoms with Crippen LogP contribution in [0.1, 0.15) is 39.0 Å². The molecule has 3 aliphatic rings. The molecule has 1 amide bonds. The van der Waals surface area contributed by atoms with Gasteiger partial charge >= 0.3 is 0 Å². The van der Waals surface area contributed by atoms with E-state index in [-0.39, 0.29) is 5.91 Å². The maximum atomic E-state index is 11.6. The van der Waals surface area contributed by atoms with Crippen molar-refractivity contribution in [3.63, 3.8) is 0 Å². The minimum atomic E-state index is 0.221. The van der Waals surface area contributed by atoms with Crippen LogP contribution in [0.15, 0.2) is 0 Å². The molecule has 2 heterocycles. The van der Waals surface area contributed by atoms with Gasteiger partial charge in [0, 0.05) is 52.9 Å². The first-order valence-electron chi connectivity index (χ1n) is 9.18. The number of hydrogen-bond acceptors (Lipinski definition) is 4. The van der Waals surface area contributed by atoms with Gasteiger partial charge in [0.2, 0.25) is 5.91 Å². The predicted octanol–water partition coefficient (Wildman–Crippen LogP) is 1.76. The van der Waals surface area contributed by atoms with E-state index in [1.54, 1.807) is 14.0 Å². The molecular weight excluding hydrogens is 292 g/mol. The Kier molecular flexibility index (Phi) is 5.60. The van der Waals surface area contributed by atoms with Crippen LogP contribution in [0.3, 0.4) is 0 Å². The number of carbonyl (C=O) groups excluding carboxylic acids is 1. The molecular formula is C18H32N2O3. The van der Waals surface area contributed by atoms with Crippen LogP contribution >= 0.6 is 0 Å². The minimum absolute atomic E-state index is 0.221. The van der Waals surface area contributed by atoms with Crippen LogP contribution in [0.2, 0.25) is 0 Å². The molecule has 1 aliphatic carbocycles. The number of piperidine rings is 1. The van der Waals surface area contributed by atoms with Crippen molar-refractivity contribution in [2.75, 3.05) is 53.1 Å². The van der Waals surface area contributed by atoms with E-state index in [0.29, 0.717) is 11.5 Å². The van der Waals surface area contributed by atoms with Crippen molar-refractivity contribution < 1.29 is 14.3 Å². The second-order valence-electron chi connectivity index (χ2n) is 7.81. The predicted molar refractivity (Wildman–Crippen MR) is 89.3 cm³/mol. The molecule has 1 atom stereocenters. The molecule has 3 fully saturated rings. The molecule has 5 nitrogen and oxygen atoms in total. The molecule has 132 valence electrons. The molecule has 0 N–H and O–H groups in total. The van der Waals surface area contributed by atoms with Crippen molar-refractivity contribution in [3.05, 3.63) is 0 Å². The van der Waals surface area contributed by atoms with Gasteiger partial charge in [0.05, 0.1) is 13.2 Å². The van der Waals surface area contributed by atoms with E-state index in [4.69, 9.17) is 9.47 Å². The fourth-order valence-electron chi connectivity index (χ4n) is 4.20. The quantitative estimate of drug-likeness (QED) is 0.716. The van der Waals surface area contributed by atoms with Crippen molar-refractivity contribution in [3.8, 4) is 0 Å². The smallest absolute Gasteiger partial charge is 0.219 e. The highest BCUT2D eigenvalue weighted by Gasteiger charge is 2.45. The van der Waals surface area contributed by atoms with Gasteiger partial charge in [-0.05, 0) is 43.4 Å². The van der Waals surface area contributed by atoms with E-state index < -0.39 is 0 Å². The first-order valence-corrected chi connectivity index (χ1v) is 9.18. The monoisotopic (exact) mass is 324 g/mol. The summed E-state index contributed by atoms with van der Waals surface area (Å²) in [6.45, 7) is 8.25. The highest BCUT2D eigenvalue weighted by molar-refractivity contribution is 5.73. The van der Waals surface area contributed by atoms with Crippen molar-refractivity contribution >= 4 is 5.91 Å². The van der Waals surface area contributed by atoms with Crippen molar-refractivity contribution in [2.45, 2.75) is 45.1 Å². The second kappa shape index (κ2) is 7.49. The van der Waals surface area contributed by atoms with E-state index in [9.17, 15) is 4.79 Å². The van der Waals surface area contributed by atoms with Crippen LogP contribution in [0.25, 0.3) is 0 Å². The normalized spacial score (nSPS) is 27.7. The molecule has 0 bridgehead atoms. The number of methoxy groups -OCH3 is 1. The van der Waals surface area contributed by atoms with Crippen molar-refractivity contribution in [1.82, 2.24) is 9.80 Å². The number of hydrogen-bond donors (Lipinski definition) is 0. The molecule has 0 aromatic heterocycles. The molecule has 5 heteroatoms. The lowest BCUT2D eigenvalue weighted by atomic mass is 9.76. The van der Waals surface area contributed by atoms with Crippen LogP contribution in [0.5, 0.6) is 0 Å². The Hall–Kier alpha value is -0.650. The van der Waals surface area contributed by atoms with E-state index in [0.717, 1.165) is 64.8 Å². The van der Waals surface area contributed by atoms with E-state index >= 15 is 0 Å².